The van der Waals surface area contributed by atoms with Crippen molar-refractivity contribution in [3.05, 3.63) is 94.1 Å². The molecule has 2 amide bonds. The van der Waals surface area contributed by atoms with Gasteiger partial charge in [-0.3, -0.25) is 9.59 Å². The predicted molar refractivity (Wildman–Crippen MR) is 170 cm³/mol. The molecule has 43 heavy (non-hydrogen) atoms. The van der Waals surface area contributed by atoms with E-state index in [1.165, 1.54) is 0 Å². The zero-order valence-corrected chi connectivity index (χ0v) is 24.3. The Hall–Kier alpha value is -5.66. The number of aromatic nitrogens is 6. The third-order valence-electron chi connectivity index (χ3n) is 5.94. The molecule has 14 heteroatoms. The number of anilines is 2. The lowest BCUT2D eigenvalue weighted by atomic mass is 10.1. The maximum Gasteiger partial charge on any atom is 0.251 e. The molecule has 2 aromatic carbocycles. The first kappa shape index (κ1) is 30.3. The largest absolute Gasteiger partial charge is 0.355 e. The van der Waals surface area contributed by atoms with Crippen molar-refractivity contribution in [3.63, 3.8) is 0 Å². The molecule has 4 N–H and O–H groups in total. The van der Waals surface area contributed by atoms with Gasteiger partial charge in [0, 0.05) is 42.3 Å². The Labute approximate surface area is 253 Å². The molecule has 0 aliphatic rings. The number of amides is 2. The monoisotopic (exact) mass is 586 g/mol. The molecule has 4 rings (SSSR count). The topological polar surface area (TPSA) is 184 Å². The summed E-state index contributed by atoms with van der Waals surface area (Å²) in [6.45, 7) is 3.59. The quantitative estimate of drug-likeness (QED) is 0.142. The van der Waals surface area contributed by atoms with Crippen LogP contribution in [0.2, 0.25) is 0 Å². The molecule has 0 radical (unpaired) electrons. The maximum atomic E-state index is 11.7. The lowest BCUT2D eigenvalue weighted by Crippen LogP contribution is -2.17. The van der Waals surface area contributed by atoms with Crippen LogP contribution in [0.1, 0.15) is 65.8 Å². The number of nitrogens with zero attached hydrogens (tertiary/aromatic N) is 8. The summed E-state index contributed by atoms with van der Waals surface area (Å²) >= 11 is 0. The molecule has 0 unspecified atom stereocenters. The fourth-order valence-electron chi connectivity index (χ4n) is 3.86. The average molecular weight is 587 g/mol. The van der Waals surface area contributed by atoms with E-state index < -0.39 is 0 Å². The molecule has 0 saturated carbocycles. The van der Waals surface area contributed by atoms with Gasteiger partial charge in [-0.25, -0.2) is 20.8 Å². The van der Waals surface area contributed by atoms with Crippen LogP contribution in [0.3, 0.4) is 0 Å². The Balaban J connectivity index is 0.00000353. The molecule has 4 aromatic rings. The van der Waals surface area contributed by atoms with Gasteiger partial charge in [0.2, 0.25) is 11.9 Å². The Morgan fingerprint density at radius 3 is 1.42 bits per heavy atom. The Morgan fingerprint density at radius 2 is 1.05 bits per heavy atom. The SMILES string of the molecule is CNC(=O)c1ccc(/C=N/Nc2nc(C)nc(CCCc3nc(C)nc(N/N=C/c4ccc(C(=O)NC)cc4)n3)n2)cc1.[HH].[HH].[HH]. The zero-order valence-electron chi connectivity index (χ0n) is 24.3. The summed E-state index contributed by atoms with van der Waals surface area (Å²) in [5.74, 6) is 2.76. The Kier molecular flexibility index (Phi) is 10.4. The summed E-state index contributed by atoms with van der Waals surface area (Å²) in [6, 6.07) is 14.1. The molecule has 14 nitrogen and oxygen atoms in total. The van der Waals surface area contributed by atoms with Gasteiger partial charge in [-0.05, 0) is 55.7 Å². The highest BCUT2D eigenvalue weighted by Crippen LogP contribution is 2.09. The number of carbonyl (C=O) groups is 2. The zero-order chi connectivity index (χ0) is 30.6. The molecule has 2 heterocycles. The van der Waals surface area contributed by atoms with Crippen molar-refractivity contribution in [2.24, 2.45) is 10.2 Å². The van der Waals surface area contributed by atoms with Gasteiger partial charge < -0.3 is 10.6 Å². The van der Waals surface area contributed by atoms with E-state index in [0.717, 1.165) is 11.1 Å². The summed E-state index contributed by atoms with van der Waals surface area (Å²) < 4.78 is 0. The first-order valence-corrected chi connectivity index (χ1v) is 13.5. The van der Waals surface area contributed by atoms with Crippen LogP contribution in [0, 0.1) is 13.8 Å². The minimum Gasteiger partial charge on any atom is -0.355 e. The molecular formula is C29H38N12O2. The van der Waals surface area contributed by atoms with Crippen LogP contribution < -0.4 is 21.5 Å². The van der Waals surface area contributed by atoms with E-state index in [-0.39, 0.29) is 16.1 Å². The summed E-state index contributed by atoms with van der Waals surface area (Å²) in [7, 11) is 3.18. The number of hydrogen-bond acceptors (Lipinski definition) is 12. The third kappa shape index (κ3) is 9.18. The molecule has 0 aliphatic heterocycles. The highest BCUT2D eigenvalue weighted by atomic mass is 16.2. The fourth-order valence-corrected chi connectivity index (χ4v) is 3.86. The first-order chi connectivity index (χ1) is 20.8. The van der Waals surface area contributed by atoms with Gasteiger partial charge in [0.1, 0.15) is 23.3 Å². The molecule has 0 fully saturated rings. The van der Waals surface area contributed by atoms with Gasteiger partial charge in [0.15, 0.2) is 0 Å². The Morgan fingerprint density at radius 1 is 0.651 bits per heavy atom. The van der Waals surface area contributed by atoms with Crippen LogP contribution in [0.4, 0.5) is 11.9 Å². The van der Waals surface area contributed by atoms with E-state index in [1.807, 2.05) is 0 Å². The number of hydrogen-bond donors (Lipinski definition) is 4. The van der Waals surface area contributed by atoms with E-state index in [0.29, 0.717) is 65.6 Å². The molecule has 0 aliphatic carbocycles. The molecular weight excluding hydrogens is 548 g/mol. The van der Waals surface area contributed by atoms with Crippen LogP contribution in [-0.4, -0.2) is 68.2 Å². The van der Waals surface area contributed by atoms with Crippen molar-refractivity contribution in [2.45, 2.75) is 33.1 Å². The van der Waals surface area contributed by atoms with Crippen LogP contribution >= 0.6 is 0 Å². The van der Waals surface area contributed by atoms with E-state index >= 15 is 0 Å². The smallest absolute Gasteiger partial charge is 0.251 e. The summed E-state index contributed by atoms with van der Waals surface area (Å²) in [6.07, 6.45) is 5.11. The summed E-state index contributed by atoms with van der Waals surface area (Å²) in [5.41, 5.74) is 8.46. The summed E-state index contributed by atoms with van der Waals surface area (Å²) in [5, 5.41) is 13.6. The van der Waals surface area contributed by atoms with Crippen LogP contribution in [0.25, 0.3) is 0 Å². The fraction of sp³-hybridized carbons (Fsp3) is 0.241. The highest BCUT2D eigenvalue weighted by molar-refractivity contribution is 5.95. The minimum absolute atomic E-state index is 0. The normalized spacial score (nSPS) is 11.1. The van der Waals surface area contributed by atoms with Crippen LogP contribution in [-0.2, 0) is 12.8 Å². The second kappa shape index (κ2) is 14.8. The summed E-state index contributed by atoms with van der Waals surface area (Å²) in [4.78, 5) is 49.7. The minimum atomic E-state index is -0.147. The first-order valence-electron chi connectivity index (χ1n) is 13.5. The van der Waals surface area contributed by atoms with E-state index in [1.54, 1.807) is 88.9 Å². The molecule has 0 bridgehead atoms. The second-order valence-corrected chi connectivity index (χ2v) is 9.24. The molecule has 2 aromatic heterocycles. The maximum absolute atomic E-state index is 11.7. The average Bonchev–Trinajstić information content (AvgIpc) is 3.00. The van der Waals surface area contributed by atoms with Crippen LogP contribution in [0.15, 0.2) is 58.7 Å². The van der Waals surface area contributed by atoms with Crippen molar-refractivity contribution in [3.8, 4) is 0 Å². The van der Waals surface area contributed by atoms with Crippen molar-refractivity contribution >= 4 is 36.1 Å². The van der Waals surface area contributed by atoms with Crippen molar-refractivity contribution < 1.29 is 13.9 Å². The molecule has 0 spiro atoms. The number of rotatable bonds is 12. The van der Waals surface area contributed by atoms with Crippen molar-refractivity contribution in [1.82, 2.24) is 40.5 Å². The van der Waals surface area contributed by atoms with Gasteiger partial charge in [-0.2, -0.15) is 30.1 Å². The standard InChI is InChI=1S/C29H32N12O2.3H2/c1-18-34-24(38-28(36-18)40-32-16-20-8-12-22(13-9-20)26(42)30-3)6-5-7-25-35-19(2)37-29(39-25)41-33-17-21-10-14-23(15-11-21)27(43)31-4;;;/h8-17H,5-7H2,1-4H3,(H,30,42)(H,31,43)(H,34,36,38,40)(H,35,37,39,41);3*1H/b32-16+,33-17+;;;. The molecule has 0 saturated heterocycles. The lowest BCUT2D eigenvalue weighted by Gasteiger charge is -2.06. The van der Waals surface area contributed by atoms with Gasteiger partial charge in [0.05, 0.1) is 12.4 Å². The number of carbonyl (C=O) groups excluding carboxylic acids is 2. The van der Waals surface area contributed by atoms with E-state index in [9.17, 15) is 9.59 Å². The third-order valence-corrected chi connectivity index (χ3v) is 5.94. The lowest BCUT2D eigenvalue weighted by molar-refractivity contribution is 0.0955. The van der Waals surface area contributed by atoms with Gasteiger partial charge in [-0.15, -0.1) is 0 Å². The van der Waals surface area contributed by atoms with Crippen molar-refractivity contribution in [1.29, 1.82) is 0 Å². The van der Waals surface area contributed by atoms with Crippen molar-refractivity contribution in [2.75, 3.05) is 24.9 Å². The Bertz CT molecular complexity index is 1520. The molecule has 0 atom stereocenters. The van der Waals surface area contributed by atoms with E-state index in [4.69, 9.17) is 0 Å². The second-order valence-electron chi connectivity index (χ2n) is 9.24. The molecule has 226 valence electrons. The predicted octanol–water partition coefficient (Wildman–Crippen LogP) is 3.20. The van der Waals surface area contributed by atoms with Gasteiger partial charge in [0.25, 0.3) is 11.8 Å². The van der Waals surface area contributed by atoms with Crippen LogP contribution in [0.5, 0.6) is 0 Å². The van der Waals surface area contributed by atoms with E-state index in [2.05, 4.69) is 61.6 Å². The number of hydrazone groups is 2. The number of aryl methyl sites for hydroxylation is 4. The number of nitrogens with one attached hydrogen (secondary N) is 4. The highest BCUT2D eigenvalue weighted by Gasteiger charge is 2.08. The van der Waals surface area contributed by atoms with Gasteiger partial charge in [-0.1, -0.05) is 24.3 Å². The van der Waals surface area contributed by atoms with Gasteiger partial charge >= 0.3 is 0 Å². The number of benzene rings is 2.